The molecule has 0 aliphatic carbocycles. The number of benzene rings is 1. The average molecular weight is 481 g/mol. The van der Waals surface area contributed by atoms with Crippen molar-refractivity contribution in [3.63, 3.8) is 0 Å². The number of aromatic amines is 1. The minimum absolute atomic E-state index is 0.188. The average Bonchev–Trinajstić information content (AvgIpc) is 3.19. The fourth-order valence-electron chi connectivity index (χ4n) is 2.94. The van der Waals surface area contributed by atoms with Crippen LogP contribution in [0.25, 0.3) is 11.2 Å². The van der Waals surface area contributed by atoms with E-state index in [1.807, 2.05) is 0 Å². The lowest BCUT2D eigenvalue weighted by atomic mass is 10.2. The monoisotopic (exact) mass is 481 g/mol. The van der Waals surface area contributed by atoms with Crippen LogP contribution in [0.3, 0.4) is 0 Å². The molecule has 1 N–H and O–H groups in total. The molecule has 4 rings (SSSR count). The highest BCUT2D eigenvalue weighted by Gasteiger charge is 2.23. The highest BCUT2D eigenvalue weighted by atomic mass is 32.2. The zero-order valence-electron chi connectivity index (χ0n) is 16.4. The molecule has 33 heavy (non-hydrogen) atoms. The highest BCUT2D eigenvalue weighted by molar-refractivity contribution is 7.98. The first kappa shape index (κ1) is 22.3. The van der Waals surface area contributed by atoms with Crippen LogP contribution in [0, 0.1) is 23.3 Å². The van der Waals surface area contributed by atoms with Crippen molar-refractivity contribution in [2.45, 2.75) is 10.9 Å². The number of nitrogens with zero attached hydrogens (tertiary/aromatic N) is 4. The maximum Gasteiger partial charge on any atom is 0.342 e. The SMILES string of the molecule is COC(=O)c1cnn2nc(SCc3c(F)cc(F)cc3F)n(-c3c[nH]c(=O)c(F)c3)c(=O)c12. The van der Waals surface area contributed by atoms with Gasteiger partial charge < -0.3 is 9.72 Å². The summed E-state index contributed by atoms with van der Waals surface area (Å²) in [6.45, 7) is 0. The summed E-state index contributed by atoms with van der Waals surface area (Å²) in [6.07, 6.45) is 2.05. The molecule has 0 amide bonds. The van der Waals surface area contributed by atoms with Gasteiger partial charge in [0.15, 0.2) is 16.5 Å². The molecule has 0 spiro atoms. The van der Waals surface area contributed by atoms with Crippen molar-refractivity contribution in [2.24, 2.45) is 0 Å². The van der Waals surface area contributed by atoms with Gasteiger partial charge >= 0.3 is 5.97 Å². The van der Waals surface area contributed by atoms with Gasteiger partial charge in [0.25, 0.3) is 11.1 Å². The molecule has 14 heteroatoms. The minimum atomic E-state index is -1.22. The van der Waals surface area contributed by atoms with E-state index in [1.165, 1.54) is 0 Å². The van der Waals surface area contributed by atoms with Crippen molar-refractivity contribution in [2.75, 3.05) is 7.11 Å². The van der Waals surface area contributed by atoms with Gasteiger partial charge in [0.2, 0.25) is 0 Å². The number of ether oxygens (including phenoxy) is 1. The van der Waals surface area contributed by atoms with E-state index >= 15 is 0 Å². The van der Waals surface area contributed by atoms with Crippen molar-refractivity contribution < 1.29 is 27.1 Å². The van der Waals surface area contributed by atoms with Crippen molar-refractivity contribution in [3.05, 3.63) is 85.7 Å². The number of aromatic nitrogens is 5. The Labute approximate surface area is 184 Å². The molecule has 0 unspecified atom stereocenters. The van der Waals surface area contributed by atoms with Gasteiger partial charge in [-0.25, -0.2) is 22.4 Å². The molecule has 3 aromatic heterocycles. The lowest BCUT2D eigenvalue weighted by molar-refractivity contribution is 0.0602. The minimum Gasteiger partial charge on any atom is -0.465 e. The number of nitrogens with one attached hydrogen (secondary N) is 1. The normalized spacial score (nSPS) is 11.2. The standard InChI is InChI=1S/C19H11F4N5O4S/c1-32-18(31)10-6-25-28-15(10)17(30)27(9-4-14(23)16(29)24-5-9)19(26-28)33-7-11-12(21)2-8(20)3-13(11)22/h2-6H,7H2,1H3,(H,24,29). The number of hydrogen-bond acceptors (Lipinski definition) is 7. The fraction of sp³-hybridized carbons (Fsp3) is 0.105. The Bertz CT molecular complexity index is 1510. The third-order valence-corrected chi connectivity index (χ3v) is 5.44. The van der Waals surface area contributed by atoms with Crippen molar-refractivity contribution in [3.8, 4) is 5.69 Å². The van der Waals surface area contributed by atoms with Crippen LogP contribution in [0.5, 0.6) is 0 Å². The summed E-state index contributed by atoms with van der Waals surface area (Å²) in [5, 5.41) is 7.69. The molecule has 0 saturated carbocycles. The van der Waals surface area contributed by atoms with E-state index in [4.69, 9.17) is 0 Å². The molecule has 0 radical (unpaired) electrons. The van der Waals surface area contributed by atoms with Gasteiger partial charge in [-0.15, -0.1) is 9.73 Å². The second kappa shape index (κ2) is 8.54. The van der Waals surface area contributed by atoms with E-state index in [9.17, 15) is 31.9 Å². The molecule has 170 valence electrons. The van der Waals surface area contributed by atoms with Crippen molar-refractivity contribution in [1.82, 2.24) is 24.4 Å². The van der Waals surface area contributed by atoms with Gasteiger partial charge in [-0.1, -0.05) is 11.8 Å². The molecule has 0 atom stereocenters. The number of hydrogen-bond donors (Lipinski definition) is 1. The number of halogens is 4. The zero-order valence-corrected chi connectivity index (χ0v) is 17.3. The number of H-pyrrole nitrogens is 1. The van der Waals surface area contributed by atoms with E-state index in [0.717, 1.165) is 34.8 Å². The summed E-state index contributed by atoms with van der Waals surface area (Å²) in [6, 6.07) is 1.74. The van der Waals surface area contributed by atoms with Gasteiger partial charge in [0, 0.05) is 35.7 Å². The number of esters is 1. The van der Waals surface area contributed by atoms with Crippen LogP contribution >= 0.6 is 11.8 Å². The zero-order chi connectivity index (χ0) is 23.9. The van der Waals surface area contributed by atoms with E-state index in [1.54, 1.807) is 0 Å². The van der Waals surface area contributed by atoms with Crippen LogP contribution < -0.4 is 11.1 Å². The Morgan fingerprint density at radius 2 is 1.82 bits per heavy atom. The quantitative estimate of drug-likeness (QED) is 0.264. The van der Waals surface area contributed by atoms with Crippen LogP contribution in [-0.4, -0.2) is 37.5 Å². The van der Waals surface area contributed by atoms with Gasteiger partial charge in [0.1, 0.15) is 23.0 Å². The molecule has 9 nitrogen and oxygen atoms in total. The summed E-state index contributed by atoms with van der Waals surface area (Å²) in [5.41, 5.74) is -3.20. The predicted molar refractivity (Wildman–Crippen MR) is 106 cm³/mol. The van der Waals surface area contributed by atoms with E-state index in [-0.39, 0.29) is 21.9 Å². The number of carbonyl (C=O) groups is 1. The largest absolute Gasteiger partial charge is 0.465 e. The molecule has 0 aliphatic heterocycles. The summed E-state index contributed by atoms with van der Waals surface area (Å²) in [7, 11) is 1.09. The smallest absolute Gasteiger partial charge is 0.342 e. The third kappa shape index (κ3) is 4.00. The first-order valence-electron chi connectivity index (χ1n) is 8.95. The third-order valence-electron chi connectivity index (χ3n) is 4.49. The Morgan fingerprint density at radius 1 is 1.12 bits per heavy atom. The van der Waals surface area contributed by atoms with Crippen LogP contribution in [-0.2, 0) is 10.5 Å². The van der Waals surface area contributed by atoms with Crippen molar-refractivity contribution >= 4 is 23.2 Å². The molecule has 0 bridgehead atoms. The molecule has 1 aromatic carbocycles. The summed E-state index contributed by atoms with van der Waals surface area (Å²) >= 11 is 0.650. The number of pyridine rings is 1. The first-order chi connectivity index (χ1) is 15.7. The number of rotatable bonds is 5. The van der Waals surface area contributed by atoms with Crippen LogP contribution in [0.15, 0.2) is 45.3 Å². The summed E-state index contributed by atoms with van der Waals surface area (Å²) < 4.78 is 61.5. The van der Waals surface area contributed by atoms with Gasteiger partial charge in [-0.3, -0.25) is 14.2 Å². The lowest BCUT2D eigenvalue weighted by Gasteiger charge is -2.12. The Morgan fingerprint density at radius 3 is 2.45 bits per heavy atom. The second-order valence-corrected chi connectivity index (χ2v) is 7.43. The maximum absolute atomic E-state index is 14.1. The van der Waals surface area contributed by atoms with Crippen LogP contribution in [0.2, 0.25) is 0 Å². The maximum atomic E-state index is 14.1. The molecule has 3 heterocycles. The van der Waals surface area contributed by atoms with Crippen molar-refractivity contribution in [1.29, 1.82) is 0 Å². The van der Waals surface area contributed by atoms with Gasteiger partial charge in [-0.2, -0.15) is 5.10 Å². The number of carbonyl (C=O) groups excluding carboxylic acids is 1. The van der Waals surface area contributed by atoms with E-state index in [2.05, 4.69) is 19.9 Å². The molecule has 0 fully saturated rings. The molecular weight excluding hydrogens is 470 g/mol. The predicted octanol–water partition coefficient (Wildman–Crippen LogP) is 2.20. The second-order valence-electron chi connectivity index (χ2n) is 6.48. The Kier molecular flexibility index (Phi) is 5.76. The van der Waals surface area contributed by atoms with Gasteiger partial charge in [-0.05, 0) is 0 Å². The number of methoxy groups -OCH3 is 1. The Hall–Kier alpha value is -3.94. The summed E-state index contributed by atoms with van der Waals surface area (Å²) in [5.74, 6) is -5.96. The van der Waals surface area contributed by atoms with Crippen LogP contribution in [0.1, 0.15) is 15.9 Å². The molecular formula is C19H11F4N5O4S. The van der Waals surface area contributed by atoms with Crippen LogP contribution in [0.4, 0.5) is 17.6 Å². The number of fused-ring (bicyclic) bond motifs is 1. The summed E-state index contributed by atoms with van der Waals surface area (Å²) in [4.78, 5) is 38.8. The lowest BCUT2D eigenvalue weighted by Crippen LogP contribution is -2.27. The first-order valence-corrected chi connectivity index (χ1v) is 9.94. The van der Waals surface area contributed by atoms with E-state index in [0.29, 0.717) is 23.9 Å². The van der Waals surface area contributed by atoms with Gasteiger partial charge in [0.05, 0.1) is 19.0 Å². The molecule has 0 saturated heterocycles. The highest BCUT2D eigenvalue weighted by Crippen LogP contribution is 2.26. The Balaban J connectivity index is 1.91. The topological polar surface area (TPSA) is 111 Å². The molecule has 4 aromatic rings. The fourth-order valence-corrected chi connectivity index (χ4v) is 3.94. The van der Waals surface area contributed by atoms with E-state index < -0.39 is 51.7 Å². The number of thioether (sulfide) groups is 1. The molecule has 0 aliphatic rings.